The Labute approximate surface area is 160 Å². The lowest BCUT2D eigenvalue weighted by Gasteiger charge is -2.26. The van der Waals surface area contributed by atoms with E-state index in [1.807, 2.05) is 51.0 Å². The number of carbonyl (C=O) groups is 1. The maximum atomic E-state index is 12.5. The molecule has 1 aliphatic heterocycles. The number of hydrogen-bond donors (Lipinski definition) is 1. The van der Waals surface area contributed by atoms with Gasteiger partial charge in [0.2, 0.25) is 0 Å². The summed E-state index contributed by atoms with van der Waals surface area (Å²) in [5.74, 6) is 0.436. The molecule has 1 aromatic carbocycles. The number of anilines is 1. The molecule has 1 aliphatic rings. The van der Waals surface area contributed by atoms with Gasteiger partial charge in [-0.1, -0.05) is 0 Å². The number of nitrogens with one attached hydrogen (secondary N) is 1. The van der Waals surface area contributed by atoms with Crippen LogP contribution in [-0.4, -0.2) is 75.5 Å². The molecule has 1 saturated heterocycles. The third kappa shape index (κ3) is 4.93. The maximum Gasteiger partial charge on any atom is 0.354 e. The molecule has 7 heteroatoms. The molecule has 2 aromatic rings. The first kappa shape index (κ1) is 19.5. The van der Waals surface area contributed by atoms with Crippen LogP contribution in [0, 0.1) is 0 Å². The number of fused-ring (bicyclic) bond motifs is 1. The Morgan fingerprint density at radius 3 is 2.67 bits per heavy atom. The number of esters is 1. The summed E-state index contributed by atoms with van der Waals surface area (Å²) in [4.78, 5) is 19.9. The number of rotatable bonds is 7. The molecule has 0 unspecified atom stereocenters. The molecule has 0 atom stereocenters. The van der Waals surface area contributed by atoms with Crippen LogP contribution in [0.15, 0.2) is 18.2 Å². The highest BCUT2D eigenvalue weighted by Crippen LogP contribution is 2.32. The predicted octanol–water partition coefficient (Wildman–Crippen LogP) is 2.51. The van der Waals surface area contributed by atoms with Crippen LogP contribution in [0.3, 0.4) is 0 Å². The molecule has 0 saturated carbocycles. The number of aromatic amines is 1. The molecule has 2 heterocycles. The van der Waals surface area contributed by atoms with Gasteiger partial charge >= 0.3 is 5.97 Å². The van der Waals surface area contributed by atoms with Crippen molar-refractivity contribution >= 4 is 22.6 Å². The number of H-pyrrole nitrogens is 1. The molecule has 3 rings (SSSR count). The smallest absolute Gasteiger partial charge is 0.354 e. The maximum absolute atomic E-state index is 12.5. The number of aromatic nitrogens is 1. The van der Waals surface area contributed by atoms with Crippen LogP contribution >= 0.6 is 0 Å². The third-order valence-corrected chi connectivity index (χ3v) is 4.51. The van der Waals surface area contributed by atoms with Crippen molar-refractivity contribution in [2.75, 3.05) is 58.5 Å². The van der Waals surface area contributed by atoms with E-state index in [4.69, 9.17) is 14.2 Å². The molecule has 148 valence electrons. The van der Waals surface area contributed by atoms with Crippen molar-refractivity contribution < 1.29 is 19.0 Å². The SMILES string of the molecule is CC(C)Oc1cc(N(C)C)c2cc(C(=O)OCCN3CCOCC3)[nH]c2c1. The third-order valence-electron chi connectivity index (χ3n) is 4.51. The van der Waals surface area contributed by atoms with E-state index in [0.29, 0.717) is 12.3 Å². The lowest BCUT2D eigenvalue weighted by atomic mass is 10.2. The molecule has 1 N–H and O–H groups in total. The van der Waals surface area contributed by atoms with Gasteiger partial charge in [0, 0.05) is 56.9 Å². The van der Waals surface area contributed by atoms with Crippen molar-refractivity contribution in [2.24, 2.45) is 0 Å². The van der Waals surface area contributed by atoms with E-state index in [-0.39, 0.29) is 12.1 Å². The summed E-state index contributed by atoms with van der Waals surface area (Å²) in [7, 11) is 3.95. The van der Waals surface area contributed by atoms with E-state index in [0.717, 1.165) is 55.2 Å². The highest BCUT2D eigenvalue weighted by Gasteiger charge is 2.17. The summed E-state index contributed by atoms with van der Waals surface area (Å²) >= 11 is 0. The second-order valence-corrected chi connectivity index (χ2v) is 7.24. The lowest BCUT2D eigenvalue weighted by molar-refractivity contribution is 0.0193. The zero-order valence-corrected chi connectivity index (χ0v) is 16.6. The van der Waals surface area contributed by atoms with Crippen molar-refractivity contribution in [2.45, 2.75) is 20.0 Å². The largest absolute Gasteiger partial charge is 0.491 e. The van der Waals surface area contributed by atoms with Crippen molar-refractivity contribution in [1.29, 1.82) is 0 Å². The summed E-state index contributed by atoms with van der Waals surface area (Å²) in [6.45, 7) is 8.33. The van der Waals surface area contributed by atoms with Crippen molar-refractivity contribution in [3.05, 3.63) is 23.9 Å². The number of nitrogens with zero attached hydrogens (tertiary/aromatic N) is 2. The van der Waals surface area contributed by atoms with E-state index >= 15 is 0 Å². The summed E-state index contributed by atoms with van der Waals surface area (Å²) in [5.41, 5.74) is 2.31. The van der Waals surface area contributed by atoms with Crippen molar-refractivity contribution in [3.8, 4) is 5.75 Å². The molecule has 1 fully saturated rings. The van der Waals surface area contributed by atoms with Gasteiger partial charge in [0.25, 0.3) is 0 Å². The molecule has 0 aliphatic carbocycles. The summed E-state index contributed by atoms with van der Waals surface area (Å²) in [5, 5.41) is 0.969. The molecular weight excluding hydrogens is 346 g/mol. The van der Waals surface area contributed by atoms with E-state index < -0.39 is 0 Å². The Kier molecular flexibility index (Phi) is 6.23. The van der Waals surface area contributed by atoms with Gasteiger partial charge < -0.3 is 24.1 Å². The van der Waals surface area contributed by atoms with Crippen molar-refractivity contribution in [1.82, 2.24) is 9.88 Å². The van der Waals surface area contributed by atoms with Gasteiger partial charge in [0.1, 0.15) is 18.1 Å². The van der Waals surface area contributed by atoms with Crippen LogP contribution in [0.5, 0.6) is 5.75 Å². The molecule has 0 amide bonds. The fourth-order valence-corrected chi connectivity index (χ4v) is 3.18. The van der Waals surface area contributed by atoms with Gasteiger partial charge in [-0.25, -0.2) is 4.79 Å². The zero-order valence-electron chi connectivity index (χ0n) is 16.6. The topological polar surface area (TPSA) is 67.0 Å². The minimum atomic E-state index is -0.338. The molecule has 0 bridgehead atoms. The molecule has 0 radical (unpaired) electrons. The van der Waals surface area contributed by atoms with Gasteiger partial charge in [0.05, 0.1) is 24.8 Å². The van der Waals surface area contributed by atoms with Crippen LogP contribution in [0.1, 0.15) is 24.3 Å². The average molecular weight is 375 g/mol. The fraction of sp³-hybridized carbons (Fsp3) is 0.550. The molecule has 1 aromatic heterocycles. The summed E-state index contributed by atoms with van der Waals surface area (Å²) < 4.78 is 16.6. The van der Waals surface area contributed by atoms with Gasteiger partial charge in [-0.2, -0.15) is 0 Å². The van der Waals surface area contributed by atoms with Gasteiger partial charge in [-0.15, -0.1) is 0 Å². The highest BCUT2D eigenvalue weighted by atomic mass is 16.5. The molecule has 27 heavy (non-hydrogen) atoms. The normalized spacial score (nSPS) is 15.3. The van der Waals surface area contributed by atoms with Gasteiger partial charge in [0.15, 0.2) is 0 Å². The highest BCUT2D eigenvalue weighted by molar-refractivity contribution is 6.00. The lowest BCUT2D eigenvalue weighted by Crippen LogP contribution is -2.38. The minimum Gasteiger partial charge on any atom is -0.491 e. The van der Waals surface area contributed by atoms with E-state index in [9.17, 15) is 4.79 Å². The summed E-state index contributed by atoms with van der Waals surface area (Å²) in [6.07, 6.45) is 0.0806. The number of carbonyl (C=O) groups excluding carboxylic acids is 1. The standard InChI is InChI=1S/C20H29N3O4/c1-14(2)27-15-11-17-16(19(12-15)22(3)4)13-18(21-17)20(24)26-10-7-23-5-8-25-9-6-23/h11-14,21H,5-10H2,1-4H3. The minimum absolute atomic E-state index is 0.0806. The quantitative estimate of drug-likeness (QED) is 0.750. The van der Waals surface area contributed by atoms with Crippen LogP contribution in [-0.2, 0) is 9.47 Å². The monoisotopic (exact) mass is 375 g/mol. The van der Waals surface area contributed by atoms with Crippen molar-refractivity contribution in [3.63, 3.8) is 0 Å². The Bertz CT molecular complexity index is 779. The van der Waals surface area contributed by atoms with E-state index in [1.54, 1.807) is 0 Å². The Hall–Kier alpha value is -2.25. The Balaban J connectivity index is 1.72. The fourth-order valence-electron chi connectivity index (χ4n) is 3.18. The molecule has 0 spiro atoms. The second kappa shape index (κ2) is 8.63. The molecule has 7 nitrogen and oxygen atoms in total. The second-order valence-electron chi connectivity index (χ2n) is 7.24. The van der Waals surface area contributed by atoms with Crippen LogP contribution in [0.2, 0.25) is 0 Å². The first-order valence-corrected chi connectivity index (χ1v) is 9.42. The number of ether oxygens (including phenoxy) is 3. The van der Waals surface area contributed by atoms with E-state index in [2.05, 4.69) is 9.88 Å². The molecular formula is C20H29N3O4. The first-order valence-electron chi connectivity index (χ1n) is 9.42. The number of benzene rings is 1. The average Bonchev–Trinajstić information content (AvgIpc) is 3.05. The van der Waals surface area contributed by atoms with Gasteiger partial charge in [-0.05, 0) is 19.9 Å². The number of morpholine rings is 1. The number of hydrogen-bond acceptors (Lipinski definition) is 6. The predicted molar refractivity (Wildman–Crippen MR) is 106 cm³/mol. The van der Waals surface area contributed by atoms with Crippen LogP contribution in [0.4, 0.5) is 5.69 Å². The van der Waals surface area contributed by atoms with Crippen LogP contribution < -0.4 is 9.64 Å². The zero-order chi connectivity index (χ0) is 19.4. The van der Waals surface area contributed by atoms with E-state index in [1.165, 1.54) is 0 Å². The first-order chi connectivity index (χ1) is 12.9. The van der Waals surface area contributed by atoms with Crippen LogP contribution in [0.25, 0.3) is 10.9 Å². The Morgan fingerprint density at radius 2 is 2.00 bits per heavy atom. The summed E-state index contributed by atoms with van der Waals surface area (Å²) in [6, 6.07) is 5.76. The van der Waals surface area contributed by atoms with Gasteiger partial charge in [-0.3, -0.25) is 4.90 Å². The Morgan fingerprint density at radius 1 is 1.26 bits per heavy atom.